The van der Waals surface area contributed by atoms with Gasteiger partial charge in [0.15, 0.2) is 0 Å². The quantitative estimate of drug-likeness (QED) is 0.474. The Morgan fingerprint density at radius 2 is 1.51 bits per heavy atom. The van der Waals surface area contributed by atoms with Gasteiger partial charge >= 0.3 is 12.5 Å². The lowest BCUT2D eigenvalue weighted by atomic mass is 10.2. The van der Waals surface area contributed by atoms with E-state index in [9.17, 15) is 34.8 Å². The predicted octanol–water partition coefficient (Wildman–Crippen LogP) is 4.45. The van der Waals surface area contributed by atoms with E-state index in [-0.39, 0.29) is 48.8 Å². The summed E-state index contributed by atoms with van der Waals surface area (Å²) in [5, 5.41) is 0.400. The zero-order valence-corrected chi connectivity index (χ0v) is 18.7. The zero-order valence-electron chi connectivity index (χ0n) is 17.8. The molecule has 1 aliphatic heterocycles. The van der Waals surface area contributed by atoms with Gasteiger partial charge in [0.05, 0.1) is 10.4 Å². The molecule has 0 unspecified atom stereocenters. The first-order valence-electron chi connectivity index (χ1n) is 10.3. The summed E-state index contributed by atoms with van der Waals surface area (Å²) in [5.74, 6) is -1.80. The number of halogens is 6. The molecule has 1 aromatic heterocycles. The lowest BCUT2D eigenvalue weighted by Gasteiger charge is -2.24. The molecule has 2 aromatic carbocycles. The molecule has 0 spiro atoms. The maximum atomic E-state index is 13.4. The third-order valence-corrected chi connectivity index (χ3v) is 7.20. The fraction of sp³-hybridized carbons (Fsp3) is 0.333. The van der Waals surface area contributed by atoms with E-state index in [1.165, 1.54) is 6.07 Å². The van der Waals surface area contributed by atoms with Crippen molar-refractivity contribution in [2.75, 3.05) is 31.1 Å². The molecule has 7 nitrogen and oxygen atoms in total. The van der Waals surface area contributed by atoms with Crippen LogP contribution in [0.4, 0.5) is 32.2 Å². The molecule has 0 saturated carbocycles. The molecular weight excluding hydrogens is 502 g/mol. The van der Waals surface area contributed by atoms with Gasteiger partial charge < -0.3 is 9.64 Å². The summed E-state index contributed by atoms with van der Waals surface area (Å²) in [6.07, 6.45) is -9.39. The number of anilines is 1. The van der Waals surface area contributed by atoms with E-state index in [1.807, 2.05) is 0 Å². The molecule has 4 rings (SSSR count). The Hall–Kier alpha value is -3.13. The zero-order chi connectivity index (χ0) is 25.4. The van der Waals surface area contributed by atoms with Crippen LogP contribution in [0.25, 0.3) is 10.9 Å². The molecule has 0 N–H and O–H groups in total. The van der Waals surface area contributed by atoms with Crippen LogP contribution in [0, 0.1) is 0 Å². The molecule has 1 saturated heterocycles. The van der Waals surface area contributed by atoms with Gasteiger partial charge in [0, 0.05) is 31.6 Å². The minimum atomic E-state index is -4.91. The van der Waals surface area contributed by atoms with Crippen LogP contribution in [0.5, 0.6) is 5.75 Å². The molecule has 0 amide bonds. The molecule has 2 heterocycles. The lowest BCUT2D eigenvalue weighted by Crippen LogP contribution is -2.35. The van der Waals surface area contributed by atoms with E-state index in [0.29, 0.717) is 5.39 Å². The SMILES string of the molecule is O=S(=O)(c1ccc(OC(F)(F)F)cc1)N1CCCN(c2nc(C(F)(F)F)nc3ccccc23)CC1. The number of hydrogen-bond donors (Lipinski definition) is 0. The second-order valence-corrected chi connectivity index (χ2v) is 9.59. The van der Waals surface area contributed by atoms with Gasteiger partial charge in [-0.05, 0) is 42.8 Å². The van der Waals surface area contributed by atoms with E-state index in [0.717, 1.165) is 28.6 Å². The monoisotopic (exact) mass is 520 g/mol. The Balaban J connectivity index is 1.57. The standard InChI is InChI=1S/C21H18F6N4O3S/c22-20(23,24)19-28-17-5-2-1-4-16(17)18(29-19)30-10-3-11-31(13-12-30)35(32,33)15-8-6-14(7-9-15)34-21(25,26)27/h1-2,4-9H,3,10-13H2. The number of para-hydroxylation sites is 1. The van der Waals surface area contributed by atoms with Crippen molar-refractivity contribution < 1.29 is 39.5 Å². The maximum Gasteiger partial charge on any atom is 0.573 e. The van der Waals surface area contributed by atoms with E-state index >= 15 is 0 Å². The topological polar surface area (TPSA) is 75.6 Å². The summed E-state index contributed by atoms with van der Waals surface area (Å²) in [7, 11) is -4.07. The normalized spacial score (nSPS) is 16.3. The highest BCUT2D eigenvalue weighted by Gasteiger charge is 2.37. The van der Waals surface area contributed by atoms with Gasteiger partial charge in [-0.2, -0.15) is 17.5 Å². The lowest BCUT2D eigenvalue weighted by molar-refractivity contribution is -0.274. The number of alkyl halides is 6. The van der Waals surface area contributed by atoms with Crippen LogP contribution >= 0.6 is 0 Å². The van der Waals surface area contributed by atoms with Crippen molar-refractivity contribution >= 4 is 26.7 Å². The fourth-order valence-electron chi connectivity index (χ4n) is 3.74. The molecule has 1 fully saturated rings. The van der Waals surface area contributed by atoms with Crippen LogP contribution in [-0.4, -0.2) is 55.2 Å². The Bertz CT molecular complexity index is 1310. The maximum absolute atomic E-state index is 13.4. The molecule has 1 aliphatic rings. The number of ether oxygens (including phenoxy) is 1. The molecule has 188 valence electrons. The van der Waals surface area contributed by atoms with Crippen molar-refractivity contribution in [1.82, 2.24) is 14.3 Å². The van der Waals surface area contributed by atoms with Gasteiger partial charge in [-0.15, -0.1) is 13.2 Å². The van der Waals surface area contributed by atoms with Crippen molar-refractivity contribution in [3.8, 4) is 5.75 Å². The van der Waals surface area contributed by atoms with Gasteiger partial charge in [-0.25, -0.2) is 18.4 Å². The summed E-state index contributed by atoms with van der Waals surface area (Å²) in [4.78, 5) is 8.69. The first-order chi connectivity index (χ1) is 16.3. The van der Waals surface area contributed by atoms with Crippen LogP contribution in [0.1, 0.15) is 12.2 Å². The first kappa shape index (κ1) is 25.0. The minimum Gasteiger partial charge on any atom is -0.406 e. The van der Waals surface area contributed by atoms with Crippen molar-refractivity contribution in [1.29, 1.82) is 0 Å². The summed E-state index contributed by atoms with van der Waals surface area (Å²) in [5.41, 5.74) is 0.111. The van der Waals surface area contributed by atoms with Crippen LogP contribution in [0.3, 0.4) is 0 Å². The Kier molecular flexibility index (Phi) is 6.53. The Morgan fingerprint density at radius 1 is 0.829 bits per heavy atom. The number of aromatic nitrogens is 2. The number of sulfonamides is 1. The summed E-state index contributed by atoms with van der Waals surface area (Å²) in [6, 6.07) is 10.0. The van der Waals surface area contributed by atoms with E-state index < -0.39 is 34.1 Å². The largest absolute Gasteiger partial charge is 0.573 e. The van der Waals surface area contributed by atoms with Crippen molar-refractivity contribution in [2.45, 2.75) is 23.9 Å². The summed E-state index contributed by atoms with van der Waals surface area (Å²) in [6.45, 7) is 0.285. The average molecular weight is 520 g/mol. The van der Waals surface area contributed by atoms with Crippen LogP contribution in [-0.2, 0) is 16.2 Å². The van der Waals surface area contributed by atoms with Crippen LogP contribution < -0.4 is 9.64 Å². The molecule has 0 radical (unpaired) electrons. The highest BCUT2D eigenvalue weighted by Crippen LogP contribution is 2.32. The van der Waals surface area contributed by atoms with Gasteiger partial charge in [0.1, 0.15) is 11.6 Å². The molecule has 0 atom stereocenters. The molecule has 0 aliphatic carbocycles. The molecule has 3 aromatic rings. The fourth-order valence-corrected chi connectivity index (χ4v) is 5.21. The summed E-state index contributed by atoms with van der Waals surface area (Å²) >= 11 is 0. The van der Waals surface area contributed by atoms with Crippen molar-refractivity contribution in [2.24, 2.45) is 0 Å². The van der Waals surface area contributed by atoms with Crippen molar-refractivity contribution in [3.63, 3.8) is 0 Å². The minimum absolute atomic E-state index is 0.0484. The Morgan fingerprint density at radius 3 is 2.17 bits per heavy atom. The summed E-state index contributed by atoms with van der Waals surface area (Å²) < 4.78 is 108. The Labute approximate surface area is 196 Å². The third kappa shape index (κ3) is 5.59. The second kappa shape index (κ2) is 9.15. The van der Waals surface area contributed by atoms with E-state index in [1.54, 1.807) is 23.1 Å². The highest BCUT2D eigenvalue weighted by molar-refractivity contribution is 7.89. The molecule has 14 heteroatoms. The number of rotatable bonds is 4. The number of hydrogen-bond acceptors (Lipinski definition) is 6. The van der Waals surface area contributed by atoms with E-state index in [2.05, 4.69) is 14.7 Å². The highest BCUT2D eigenvalue weighted by atomic mass is 32.2. The predicted molar refractivity (Wildman–Crippen MR) is 113 cm³/mol. The number of benzene rings is 2. The smallest absolute Gasteiger partial charge is 0.406 e. The number of fused-ring (bicyclic) bond motifs is 1. The molecule has 35 heavy (non-hydrogen) atoms. The van der Waals surface area contributed by atoms with Gasteiger partial charge in [-0.1, -0.05) is 12.1 Å². The first-order valence-corrected chi connectivity index (χ1v) is 11.7. The van der Waals surface area contributed by atoms with Gasteiger partial charge in [0.25, 0.3) is 0 Å². The van der Waals surface area contributed by atoms with Crippen molar-refractivity contribution in [3.05, 3.63) is 54.4 Å². The number of nitrogens with zero attached hydrogens (tertiary/aromatic N) is 4. The van der Waals surface area contributed by atoms with Crippen LogP contribution in [0.2, 0.25) is 0 Å². The van der Waals surface area contributed by atoms with Crippen LogP contribution in [0.15, 0.2) is 53.4 Å². The second-order valence-electron chi connectivity index (χ2n) is 7.65. The van der Waals surface area contributed by atoms with E-state index in [4.69, 9.17) is 0 Å². The molecular formula is C21H18F6N4O3S. The van der Waals surface area contributed by atoms with Gasteiger partial charge in [0.2, 0.25) is 15.8 Å². The van der Waals surface area contributed by atoms with Gasteiger partial charge in [-0.3, -0.25) is 0 Å². The molecule has 0 bridgehead atoms. The third-order valence-electron chi connectivity index (χ3n) is 5.29. The average Bonchev–Trinajstić information content (AvgIpc) is 3.04.